The first-order valence-electron chi connectivity index (χ1n) is 8.79. The first-order valence-corrected chi connectivity index (χ1v) is 9.17. The summed E-state index contributed by atoms with van der Waals surface area (Å²) >= 11 is 5.88. The Balaban J connectivity index is 1.55. The van der Waals surface area contributed by atoms with Gasteiger partial charge < -0.3 is 4.90 Å². The summed E-state index contributed by atoms with van der Waals surface area (Å²) in [5.41, 5.74) is 3.22. The summed E-state index contributed by atoms with van der Waals surface area (Å²) < 4.78 is 0. The molecule has 0 saturated heterocycles. The van der Waals surface area contributed by atoms with Crippen molar-refractivity contribution in [1.82, 2.24) is 9.88 Å². The van der Waals surface area contributed by atoms with E-state index in [2.05, 4.69) is 21.7 Å². The number of benzene rings is 1. The van der Waals surface area contributed by atoms with Gasteiger partial charge in [-0.15, -0.1) is 0 Å². The first-order chi connectivity index (χ1) is 12.2. The van der Waals surface area contributed by atoms with E-state index in [0.29, 0.717) is 16.8 Å². The average molecular weight is 351 g/mol. The first kappa shape index (κ1) is 16.2. The highest BCUT2D eigenvalue weighted by atomic mass is 35.5. The Morgan fingerprint density at radius 2 is 1.80 bits per heavy atom. The summed E-state index contributed by atoms with van der Waals surface area (Å²) in [5, 5.41) is 0.697. The summed E-state index contributed by atoms with van der Waals surface area (Å²) in [6.45, 7) is 0.775. The Kier molecular flexibility index (Phi) is 4.46. The van der Waals surface area contributed by atoms with Crippen LogP contribution in [0, 0.1) is 11.8 Å². The highest BCUT2D eigenvalue weighted by Gasteiger charge is 2.32. The molecule has 0 N–H and O–H groups in total. The van der Waals surface area contributed by atoms with Gasteiger partial charge in [-0.3, -0.25) is 4.79 Å². The van der Waals surface area contributed by atoms with E-state index in [1.54, 1.807) is 0 Å². The molecule has 126 valence electrons. The number of halogens is 1. The van der Waals surface area contributed by atoms with Gasteiger partial charge >= 0.3 is 0 Å². The number of hydrogen-bond donors (Lipinski definition) is 0. The van der Waals surface area contributed by atoms with Crippen molar-refractivity contribution in [3.63, 3.8) is 0 Å². The van der Waals surface area contributed by atoms with Crippen molar-refractivity contribution in [2.45, 2.75) is 38.1 Å². The van der Waals surface area contributed by atoms with Crippen LogP contribution in [-0.4, -0.2) is 28.4 Å². The summed E-state index contributed by atoms with van der Waals surface area (Å²) in [4.78, 5) is 19.4. The second-order valence-corrected chi connectivity index (χ2v) is 7.07. The van der Waals surface area contributed by atoms with Gasteiger partial charge in [0, 0.05) is 29.6 Å². The van der Waals surface area contributed by atoms with Crippen molar-refractivity contribution in [2.75, 3.05) is 6.54 Å². The fourth-order valence-corrected chi connectivity index (χ4v) is 3.80. The maximum Gasteiger partial charge on any atom is 0.255 e. The number of rotatable bonds is 1. The van der Waals surface area contributed by atoms with Gasteiger partial charge in [-0.1, -0.05) is 30.4 Å². The van der Waals surface area contributed by atoms with E-state index >= 15 is 0 Å². The highest BCUT2D eigenvalue weighted by Crippen LogP contribution is 2.28. The molecule has 1 aromatic carbocycles. The van der Waals surface area contributed by atoms with Crippen molar-refractivity contribution in [3.05, 3.63) is 63.9 Å². The zero-order valence-electron chi connectivity index (χ0n) is 14.0. The third kappa shape index (κ3) is 3.41. The van der Waals surface area contributed by atoms with Crippen LogP contribution < -0.4 is 0 Å². The van der Waals surface area contributed by atoms with E-state index < -0.39 is 0 Å². The fourth-order valence-electron chi connectivity index (χ4n) is 3.67. The predicted molar refractivity (Wildman–Crippen MR) is 98.7 cm³/mol. The summed E-state index contributed by atoms with van der Waals surface area (Å²) in [6.07, 6.45) is 5.56. The Bertz CT molecular complexity index is 858. The maximum atomic E-state index is 12.8. The van der Waals surface area contributed by atoms with Crippen molar-refractivity contribution in [3.8, 4) is 11.8 Å². The lowest BCUT2D eigenvalue weighted by atomic mass is 10.0. The number of carbonyl (C=O) groups excluding carboxylic acids is 1. The normalized spacial score (nSPS) is 17.2. The Hall–Kier alpha value is -2.31. The highest BCUT2D eigenvalue weighted by molar-refractivity contribution is 6.30. The van der Waals surface area contributed by atoms with Crippen molar-refractivity contribution in [1.29, 1.82) is 0 Å². The molecular formula is C21H19ClN2O. The van der Waals surface area contributed by atoms with Gasteiger partial charge in [0.1, 0.15) is 5.69 Å². The molecule has 2 heterocycles. The molecule has 0 radical (unpaired) electrons. The largest absolute Gasteiger partial charge is 0.335 e. The van der Waals surface area contributed by atoms with E-state index in [1.165, 1.54) is 12.8 Å². The molecule has 1 amide bonds. The van der Waals surface area contributed by atoms with Crippen LogP contribution in [0.15, 0.2) is 36.4 Å². The van der Waals surface area contributed by atoms with Crippen molar-refractivity contribution in [2.24, 2.45) is 0 Å². The van der Waals surface area contributed by atoms with Crippen molar-refractivity contribution < 1.29 is 4.79 Å². The second-order valence-electron chi connectivity index (χ2n) is 6.63. The van der Waals surface area contributed by atoms with Crippen LogP contribution in [0.25, 0.3) is 0 Å². The molecule has 1 aromatic heterocycles. The minimum Gasteiger partial charge on any atom is -0.335 e. The standard InChI is InChI=1S/C21H19ClN2O/c22-16-8-5-15(6-9-16)7-10-17-11-12-19-20(23-17)13-14-24(21(19)25)18-3-1-2-4-18/h5-6,8-9,11-12,18H,1-4,13-14H2. The predicted octanol–water partition coefficient (Wildman–Crippen LogP) is 4.08. The quantitative estimate of drug-likeness (QED) is 0.726. The van der Waals surface area contributed by atoms with Crippen LogP contribution in [0.3, 0.4) is 0 Å². The molecule has 1 aliphatic heterocycles. The number of carbonyl (C=O) groups is 1. The number of amides is 1. The third-order valence-corrected chi connectivity index (χ3v) is 5.25. The zero-order valence-corrected chi connectivity index (χ0v) is 14.7. The van der Waals surface area contributed by atoms with Gasteiger partial charge in [-0.25, -0.2) is 4.98 Å². The molecule has 0 bridgehead atoms. The lowest BCUT2D eigenvalue weighted by molar-refractivity contribution is 0.0661. The fraction of sp³-hybridized carbons (Fsp3) is 0.333. The number of nitrogens with zero attached hydrogens (tertiary/aromatic N) is 2. The van der Waals surface area contributed by atoms with E-state index in [4.69, 9.17) is 11.6 Å². The van der Waals surface area contributed by atoms with Gasteiger partial charge in [0.2, 0.25) is 0 Å². The van der Waals surface area contributed by atoms with Crippen LogP contribution in [0.1, 0.15) is 53.0 Å². The Morgan fingerprint density at radius 3 is 2.56 bits per heavy atom. The minimum absolute atomic E-state index is 0.137. The molecule has 0 unspecified atom stereocenters. The van der Waals surface area contributed by atoms with Crippen molar-refractivity contribution >= 4 is 17.5 Å². The van der Waals surface area contributed by atoms with E-state index in [1.807, 2.05) is 36.4 Å². The van der Waals surface area contributed by atoms with Gasteiger partial charge in [0.25, 0.3) is 5.91 Å². The monoisotopic (exact) mass is 350 g/mol. The molecule has 2 aromatic rings. The molecule has 3 nitrogen and oxygen atoms in total. The molecular weight excluding hydrogens is 332 g/mol. The smallest absolute Gasteiger partial charge is 0.255 e. The molecule has 1 fully saturated rings. The number of aromatic nitrogens is 1. The maximum absolute atomic E-state index is 12.8. The lowest BCUT2D eigenvalue weighted by Crippen LogP contribution is -2.43. The molecule has 2 aliphatic rings. The molecule has 1 saturated carbocycles. The topological polar surface area (TPSA) is 33.2 Å². The van der Waals surface area contributed by atoms with Gasteiger partial charge in [0.15, 0.2) is 0 Å². The van der Waals surface area contributed by atoms with E-state index in [-0.39, 0.29) is 5.91 Å². The molecule has 0 spiro atoms. The van der Waals surface area contributed by atoms with Crippen LogP contribution in [0.2, 0.25) is 5.02 Å². The Labute approximate surface area is 153 Å². The SMILES string of the molecule is O=C1c2ccc(C#Cc3ccc(Cl)cc3)nc2CCN1C1CCCC1. The lowest BCUT2D eigenvalue weighted by Gasteiger charge is -2.33. The van der Waals surface area contributed by atoms with Crippen LogP contribution in [0.5, 0.6) is 0 Å². The summed E-state index contributed by atoms with van der Waals surface area (Å²) in [7, 11) is 0. The van der Waals surface area contributed by atoms with E-state index in [0.717, 1.165) is 42.6 Å². The van der Waals surface area contributed by atoms with Gasteiger partial charge in [0.05, 0.1) is 11.3 Å². The van der Waals surface area contributed by atoms with Gasteiger partial charge in [-0.2, -0.15) is 0 Å². The van der Waals surface area contributed by atoms with Crippen LogP contribution >= 0.6 is 11.6 Å². The van der Waals surface area contributed by atoms with E-state index in [9.17, 15) is 4.79 Å². The molecule has 4 rings (SSSR count). The zero-order chi connectivity index (χ0) is 17.2. The molecule has 25 heavy (non-hydrogen) atoms. The number of hydrogen-bond acceptors (Lipinski definition) is 2. The Morgan fingerprint density at radius 1 is 1.04 bits per heavy atom. The average Bonchev–Trinajstić information content (AvgIpc) is 3.16. The molecule has 1 aliphatic carbocycles. The minimum atomic E-state index is 0.137. The number of fused-ring (bicyclic) bond motifs is 1. The second kappa shape index (κ2) is 6.90. The summed E-state index contributed by atoms with van der Waals surface area (Å²) in [6, 6.07) is 11.6. The number of pyridine rings is 1. The van der Waals surface area contributed by atoms with Gasteiger partial charge in [-0.05, 0) is 55.2 Å². The molecule has 0 atom stereocenters. The summed E-state index contributed by atoms with van der Waals surface area (Å²) in [5.74, 6) is 6.31. The molecule has 4 heteroatoms. The third-order valence-electron chi connectivity index (χ3n) is 5.00. The van der Waals surface area contributed by atoms with Crippen LogP contribution in [-0.2, 0) is 6.42 Å². The van der Waals surface area contributed by atoms with Crippen LogP contribution in [0.4, 0.5) is 0 Å².